The first-order valence-electron chi connectivity index (χ1n) is 6.38. The summed E-state index contributed by atoms with van der Waals surface area (Å²) in [6, 6.07) is 5.89. The Bertz CT molecular complexity index is 715. The van der Waals surface area contributed by atoms with Crippen molar-refractivity contribution in [2.75, 3.05) is 5.73 Å². The van der Waals surface area contributed by atoms with Gasteiger partial charge in [0.15, 0.2) is 0 Å². The van der Waals surface area contributed by atoms with Crippen molar-refractivity contribution in [2.24, 2.45) is 5.41 Å². The van der Waals surface area contributed by atoms with E-state index >= 15 is 0 Å². The predicted octanol–water partition coefficient (Wildman–Crippen LogP) is 3.61. The van der Waals surface area contributed by atoms with Crippen LogP contribution in [0.25, 0.3) is 16.6 Å². The minimum absolute atomic E-state index is 0.0697. The van der Waals surface area contributed by atoms with Crippen molar-refractivity contribution in [2.45, 2.75) is 13.8 Å². The molecule has 0 atom stereocenters. The number of benzene rings is 1. The van der Waals surface area contributed by atoms with E-state index in [2.05, 4.69) is 49.3 Å². The van der Waals surface area contributed by atoms with Crippen molar-refractivity contribution in [3.05, 3.63) is 54.8 Å². The second-order valence-corrected chi connectivity index (χ2v) is 5.44. The van der Waals surface area contributed by atoms with Crippen LogP contribution in [0.3, 0.4) is 0 Å². The van der Waals surface area contributed by atoms with Crippen LogP contribution in [0.4, 0.5) is 5.69 Å². The highest BCUT2D eigenvalue weighted by Crippen LogP contribution is 2.27. The minimum Gasteiger partial charge on any atom is -0.398 e. The van der Waals surface area contributed by atoms with E-state index in [4.69, 9.17) is 5.73 Å². The van der Waals surface area contributed by atoms with Crippen LogP contribution in [-0.4, -0.2) is 9.78 Å². The van der Waals surface area contributed by atoms with Gasteiger partial charge in [0.1, 0.15) is 0 Å². The van der Waals surface area contributed by atoms with E-state index in [1.165, 1.54) is 0 Å². The second kappa shape index (κ2) is 4.12. The van der Waals surface area contributed by atoms with Gasteiger partial charge in [-0.15, -0.1) is 0 Å². The number of rotatable bonds is 1. The van der Waals surface area contributed by atoms with Crippen LogP contribution in [0.15, 0.2) is 54.8 Å². The molecule has 0 amide bonds. The van der Waals surface area contributed by atoms with E-state index in [1.807, 2.05) is 29.1 Å². The molecule has 0 spiro atoms. The highest BCUT2D eigenvalue weighted by Gasteiger charge is 2.13. The number of nitrogens with zero attached hydrogens (tertiary/aromatic N) is 2. The molecule has 0 aliphatic heterocycles. The normalized spacial score (nSPS) is 17.5. The van der Waals surface area contributed by atoms with E-state index in [1.54, 1.807) is 0 Å². The highest BCUT2D eigenvalue weighted by atomic mass is 15.3. The van der Waals surface area contributed by atoms with Gasteiger partial charge in [-0.3, -0.25) is 0 Å². The molecule has 2 aromatic rings. The number of anilines is 1. The number of allylic oxidation sites excluding steroid dienone is 6. The quantitative estimate of drug-likeness (QED) is 0.787. The van der Waals surface area contributed by atoms with Gasteiger partial charge in [0, 0.05) is 16.5 Å². The summed E-state index contributed by atoms with van der Waals surface area (Å²) in [5, 5.41) is 5.44. The molecule has 96 valence electrons. The number of nitrogen functional groups attached to an aromatic ring is 1. The van der Waals surface area contributed by atoms with Crippen molar-refractivity contribution in [1.82, 2.24) is 9.78 Å². The van der Waals surface area contributed by atoms with Crippen molar-refractivity contribution < 1.29 is 0 Å². The third-order valence-corrected chi connectivity index (χ3v) is 3.37. The van der Waals surface area contributed by atoms with E-state index in [0.717, 1.165) is 22.3 Å². The summed E-state index contributed by atoms with van der Waals surface area (Å²) in [5.74, 6) is 0. The van der Waals surface area contributed by atoms with Crippen LogP contribution in [0.1, 0.15) is 13.8 Å². The molecule has 0 bridgehead atoms. The van der Waals surface area contributed by atoms with Crippen molar-refractivity contribution >= 4 is 22.3 Å². The predicted molar refractivity (Wildman–Crippen MR) is 80.5 cm³/mol. The fraction of sp³-hybridized carbons (Fsp3) is 0.188. The second-order valence-electron chi connectivity index (χ2n) is 5.44. The van der Waals surface area contributed by atoms with Crippen molar-refractivity contribution in [3.8, 4) is 0 Å². The molecule has 0 fully saturated rings. The average molecular weight is 251 g/mol. The summed E-state index contributed by atoms with van der Waals surface area (Å²) in [7, 11) is 0. The zero-order chi connectivity index (χ0) is 13.5. The van der Waals surface area contributed by atoms with Crippen LogP contribution >= 0.6 is 0 Å². The Morgan fingerprint density at radius 3 is 2.89 bits per heavy atom. The standard InChI is InChI=1S/C16H17N3/c1-16(2)9-4-5-12(8-10-16)19-15-7-3-6-14(17)13(15)11-18-19/h3-11H,17H2,1-2H3. The van der Waals surface area contributed by atoms with E-state index in [-0.39, 0.29) is 5.41 Å². The Morgan fingerprint density at radius 1 is 1.21 bits per heavy atom. The van der Waals surface area contributed by atoms with Gasteiger partial charge in [-0.2, -0.15) is 5.10 Å². The first-order valence-corrected chi connectivity index (χ1v) is 6.38. The molecule has 0 radical (unpaired) electrons. The molecule has 0 saturated carbocycles. The lowest BCUT2D eigenvalue weighted by molar-refractivity contribution is 0.627. The van der Waals surface area contributed by atoms with Gasteiger partial charge in [-0.25, -0.2) is 4.68 Å². The molecule has 1 aliphatic carbocycles. The van der Waals surface area contributed by atoms with Crippen LogP contribution < -0.4 is 5.73 Å². The summed E-state index contributed by atoms with van der Waals surface area (Å²) in [6.07, 6.45) is 12.4. The Kier molecular flexibility index (Phi) is 2.56. The molecule has 1 aliphatic rings. The lowest BCUT2D eigenvalue weighted by Crippen LogP contribution is -2.01. The monoisotopic (exact) mass is 251 g/mol. The van der Waals surface area contributed by atoms with Crippen molar-refractivity contribution in [3.63, 3.8) is 0 Å². The molecule has 1 aromatic heterocycles. The van der Waals surface area contributed by atoms with Crippen LogP contribution in [0.5, 0.6) is 0 Å². The van der Waals surface area contributed by atoms with Crippen LogP contribution in [0, 0.1) is 5.41 Å². The zero-order valence-corrected chi connectivity index (χ0v) is 11.2. The first kappa shape index (κ1) is 11.8. The summed E-state index contributed by atoms with van der Waals surface area (Å²) >= 11 is 0. The van der Waals surface area contributed by atoms with Gasteiger partial charge >= 0.3 is 0 Å². The smallest absolute Gasteiger partial charge is 0.0761 e. The molecule has 3 nitrogen and oxygen atoms in total. The third-order valence-electron chi connectivity index (χ3n) is 3.37. The Balaban J connectivity index is 2.14. The molecule has 19 heavy (non-hydrogen) atoms. The van der Waals surface area contributed by atoms with E-state index in [9.17, 15) is 0 Å². The Hall–Kier alpha value is -2.29. The molecule has 3 rings (SSSR count). The Labute approximate surface area is 112 Å². The molecule has 1 heterocycles. The van der Waals surface area contributed by atoms with Gasteiger partial charge in [-0.05, 0) is 24.3 Å². The number of hydrogen-bond acceptors (Lipinski definition) is 2. The summed E-state index contributed by atoms with van der Waals surface area (Å²) in [5.41, 5.74) is 8.88. The molecular formula is C16H17N3. The summed E-state index contributed by atoms with van der Waals surface area (Å²) in [4.78, 5) is 0. The zero-order valence-electron chi connectivity index (χ0n) is 11.2. The number of fused-ring (bicyclic) bond motifs is 1. The van der Waals surface area contributed by atoms with E-state index < -0.39 is 0 Å². The number of hydrogen-bond donors (Lipinski definition) is 1. The maximum atomic E-state index is 5.97. The fourth-order valence-corrected chi connectivity index (χ4v) is 2.23. The van der Waals surface area contributed by atoms with Gasteiger partial charge < -0.3 is 5.73 Å². The molecule has 2 N–H and O–H groups in total. The summed E-state index contributed by atoms with van der Waals surface area (Å²) < 4.78 is 1.92. The number of nitrogens with two attached hydrogens (primary N) is 1. The minimum atomic E-state index is 0.0697. The van der Waals surface area contributed by atoms with Crippen LogP contribution in [0.2, 0.25) is 0 Å². The first-order chi connectivity index (χ1) is 9.07. The average Bonchev–Trinajstić information content (AvgIpc) is 2.71. The van der Waals surface area contributed by atoms with Gasteiger partial charge in [0.2, 0.25) is 0 Å². The van der Waals surface area contributed by atoms with E-state index in [0.29, 0.717) is 0 Å². The van der Waals surface area contributed by atoms with Crippen LogP contribution in [-0.2, 0) is 0 Å². The summed E-state index contributed by atoms with van der Waals surface area (Å²) in [6.45, 7) is 4.35. The molecule has 1 aromatic carbocycles. The van der Waals surface area contributed by atoms with Crippen molar-refractivity contribution in [1.29, 1.82) is 0 Å². The topological polar surface area (TPSA) is 43.8 Å². The highest BCUT2D eigenvalue weighted by molar-refractivity contribution is 5.92. The number of aromatic nitrogens is 2. The molecule has 3 heteroatoms. The molecular weight excluding hydrogens is 234 g/mol. The maximum absolute atomic E-state index is 5.97. The maximum Gasteiger partial charge on any atom is 0.0761 e. The van der Waals surface area contributed by atoms with Gasteiger partial charge in [0.05, 0.1) is 17.4 Å². The molecule has 0 unspecified atom stereocenters. The lowest BCUT2D eigenvalue weighted by atomic mass is 9.93. The largest absolute Gasteiger partial charge is 0.398 e. The lowest BCUT2D eigenvalue weighted by Gasteiger charge is -2.12. The van der Waals surface area contributed by atoms with Gasteiger partial charge in [-0.1, -0.05) is 38.1 Å². The molecule has 0 saturated heterocycles. The fourth-order valence-electron chi connectivity index (χ4n) is 2.23. The third kappa shape index (κ3) is 2.08. The SMILES string of the molecule is CC1(C)C=CC=C(n2ncc3c(N)cccc32)C=C1. The van der Waals surface area contributed by atoms with Gasteiger partial charge in [0.25, 0.3) is 0 Å². The Morgan fingerprint density at radius 2 is 2.05 bits per heavy atom.